The first kappa shape index (κ1) is 64.6. The average Bonchev–Trinajstić information content (AvgIpc) is 3.24. The zero-order valence-electron chi connectivity index (χ0n) is 54.0. The molecule has 5 aromatic rings. The van der Waals surface area contributed by atoms with Crippen LogP contribution in [0.4, 0.5) is 0 Å². The highest BCUT2D eigenvalue weighted by Gasteiger charge is 2.37. The Morgan fingerprint density at radius 3 is 0.718 bits per heavy atom. The van der Waals surface area contributed by atoms with E-state index in [9.17, 15) is 0 Å². The quantitative estimate of drug-likeness (QED) is 0.0918. The Morgan fingerprint density at radius 2 is 0.487 bits per heavy atom. The number of hydrogen-bond acceptors (Lipinski definition) is 6. The monoisotopic (exact) mass is 1100 g/mol. The number of hydrogen-bond donors (Lipinski definition) is 0. The maximum atomic E-state index is 7.39. The van der Waals surface area contributed by atoms with Gasteiger partial charge in [-0.05, 0) is 127 Å². The molecule has 0 aliphatic rings. The molecule has 5 aromatic carbocycles. The topological polar surface area (TPSA) is 55.4 Å². The van der Waals surface area contributed by atoms with Crippen LogP contribution in [0.3, 0.4) is 0 Å². The minimum absolute atomic E-state index is 0.0577. The Kier molecular flexibility index (Phi) is 19.6. The molecular weight excluding hydrogens is 999 g/mol. The summed E-state index contributed by atoms with van der Waals surface area (Å²) in [5.41, 5.74) is 9.40. The summed E-state index contributed by atoms with van der Waals surface area (Å²) in [4.78, 5) is 0. The second-order valence-corrected chi connectivity index (χ2v) is 33.1. The minimum Gasteiger partial charge on any atom is -0.408 e. The molecule has 8 heteroatoms. The van der Waals surface area contributed by atoms with Crippen LogP contribution in [-0.4, -0.2) is 0 Å². The molecule has 6 nitrogen and oxygen atoms in total. The smallest absolute Gasteiger partial charge is 0.408 e. The standard InChI is InChI=1S/C70H104O6P2/c1-45(2)37-47-29-33-57(51(39-47)65(11,12)13)71-77(72-58-34-30-48(38-46(3)4)40-52(58)66(14,15)16)75-61-43-56(70(26,27)28)62(44-55(61)69(23,24)25)76-78(73-59-35-31-49(63(5,6)7)41-53(59)67(17,18)19)74-60-36-32-50(64(8,9)10)42-54(60)68(20,21)22/h29-36,39-46H,37-38H2,1-28H3. The van der Waals surface area contributed by atoms with E-state index in [1.54, 1.807) is 0 Å². The van der Waals surface area contributed by atoms with Gasteiger partial charge in [-0.15, -0.1) is 0 Å². The van der Waals surface area contributed by atoms with Crippen LogP contribution in [0, 0.1) is 11.8 Å². The SMILES string of the molecule is CC(C)Cc1ccc(OP(Oc2ccc(CC(C)C)cc2C(C)(C)C)Oc2cc(C(C)(C)C)c(OP(Oc3ccc(C(C)(C)C)cc3C(C)(C)C)Oc3ccc(C(C)(C)C)cc3C(C)(C)C)cc2C(C)(C)C)c(C(C)(C)C)c1. The Hall–Kier alpha value is -4.24. The molecule has 0 aromatic heterocycles. The maximum Gasteiger partial charge on any atom is 0.530 e. The van der Waals surface area contributed by atoms with Gasteiger partial charge in [-0.3, -0.25) is 0 Å². The van der Waals surface area contributed by atoms with Crippen molar-refractivity contribution >= 4 is 17.2 Å². The zero-order valence-corrected chi connectivity index (χ0v) is 55.8. The molecule has 0 saturated carbocycles. The van der Waals surface area contributed by atoms with Crippen LogP contribution >= 0.6 is 17.2 Å². The van der Waals surface area contributed by atoms with E-state index in [0.717, 1.165) is 69.2 Å². The molecule has 0 radical (unpaired) electrons. The molecule has 0 saturated heterocycles. The predicted molar refractivity (Wildman–Crippen MR) is 337 cm³/mol. The molecule has 0 unspecified atom stereocenters. The molecule has 5 rings (SSSR count). The van der Waals surface area contributed by atoms with Crippen molar-refractivity contribution in [2.24, 2.45) is 11.8 Å². The summed E-state index contributed by atoms with van der Waals surface area (Å²) in [7, 11) is -4.24. The van der Waals surface area contributed by atoms with Crippen LogP contribution in [0.5, 0.6) is 34.5 Å². The summed E-state index contributed by atoms with van der Waals surface area (Å²) in [5, 5.41) is 0. The first-order valence-corrected chi connectivity index (χ1v) is 31.0. The third-order valence-electron chi connectivity index (χ3n) is 14.0. The van der Waals surface area contributed by atoms with Crippen LogP contribution in [0.25, 0.3) is 0 Å². The fourth-order valence-corrected chi connectivity index (χ4v) is 11.6. The Morgan fingerprint density at radius 1 is 0.269 bits per heavy atom. The van der Waals surface area contributed by atoms with Crippen LogP contribution in [0.2, 0.25) is 0 Å². The maximum absolute atomic E-state index is 7.39. The summed E-state index contributed by atoms with van der Waals surface area (Å²) >= 11 is 0. The average molecular weight is 1100 g/mol. The van der Waals surface area contributed by atoms with E-state index >= 15 is 0 Å². The van der Waals surface area contributed by atoms with Crippen LogP contribution in [-0.2, 0) is 56.2 Å². The van der Waals surface area contributed by atoms with Gasteiger partial charge in [0.15, 0.2) is 0 Å². The lowest BCUT2D eigenvalue weighted by Gasteiger charge is -2.32. The lowest BCUT2D eigenvalue weighted by Crippen LogP contribution is -2.20. The van der Waals surface area contributed by atoms with Gasteiger partial charge in [-0.2, -0.15) is 0 Å². The van der Waals surface area contributed by atoms with E-state index in [1.165, 1.54) is 22.3 Å². The summed E-state index contributed by atoms with van der Waals surface area (Å²) < 4.78 is 43.6. The van der Waals surface area contributed by atoms with Gasteiger partial charge < -0.3 is 27.1 Å². The van der Waals surface area contributed by atoms with E-state index in [1.807, 2.05) is 0 Å². The normalized spacial score (nSPS) is 13.4. The third kappa shape index (κ3) is 17.4. The molecule has 0 bridgehead atoms. The minimum atomic E-state index is -2.13. The first-order chi connectivity index (χ1) is 35.3. The molecular formula is C70H104O6P2. The third-order valence-corrected chi connectivity index (χ3v) is 16.1. The molecule has 0 amide bonds. The fourth-order valence-electron chi connectivity index (χ4n) is 9.48. The van der Waals surface area contributed by atoms with Gasteiger partial charge in [0.05, 0.1) is 0 Å². The van der Waals surface area contributed by atoms with Gasteiger partial charge in [0.2, 0.25) is 0 Å². The van der Waals surface area contributed by atoms with E-state index in [-0.39, 0.29) is 32.5 Å². The van der Waals surface area contributed by atoms with Crippen molar-refractivity contribution in [2.75, 3.05) is 0 Å². The fraction of sp³-hybridized carbons (Fsp3) is 0.571. The Bertz CT molecular complexity index is 2680. The largest absolute Gasteiger partial charge is 0.530 e. The molecule has 0 fully saturated rings. The molecule has 0 aliphatic carbocycles. The molecule has 0 spiro atoms. The van der Waals surface area contributed by atoms with Crippen LogP contribution in [0.15, 0.2) is 84.9 Å². The van der Waals surface area contributed by atoms with E-state index < -0.39 is 28.0 Å². The van der Waals surface area contributed by atoms with Crippen LogP contribution in [0.1, 0.15) is 249 Å². The predicted octanol–water partition coefficient (Wildman–Crippen LogP) is 22.0. The van der Waals surface area contributed by atoms with Crippen molar-refractivity contribution in [2.45, 2.75) is 250 Å². The van der Waals surface area contributed by atoms with Crippen molar-refractivity contribution < 1.29 is 27.1 Å². The second-order valence-electron chi connectivity index (χ2n) is 31.1. The summed E-state index contributed by atoms with van der Waals surface area (Å²) in [6.07, 6.45) is 1.95. The molecule has 0 atom stereocenters. The molecule has 0 N–H and O–H groups in total. The van der Waals surface area contributed by atoms with Gasteiger partial charge in [0.25, 0.3) is 0 Å². The van der Waals surface area contributed by atoms with Gasteiger partial charge in [0, 0.05) is 33.4 Å². The van der Waals surface area contributed by atoms with Crippen molar-refractivity contribution in [1.82, 2.24) is 0 Å². The van der Waals surface area contributed by atoms with Crippen molar-refractivity contribution in [3.8, 4) is 34.5 Å². The Labute approximate surface area is 478 Å². The van der Waals surface area contributed by atoms with Gasteiger partial charge in [0.1, 0.15) is 34.5 Å². The zero-order chi connectivity index (χ0) is 59.1. The van der Waals surface area contributed by atoms with Gasteiger partial charge in [-0.25, -0.2) is 0 Å². The Balaban J connectivity index is 1.78. The highest BCUT2D eigenvalue weighted by molar-refractivity contribution is 7.43. The molecule has 78 heavy (non-hydrogen) atoms. The van der Waals surface area contributed by atoms with Crippen molar-refractivity contribution in [1.29, 1.82) is 0 Å². The summed E-state index contributed by atoms with van der Waals surface area (Å²) in [5.74, 6) is 5.32. The second kappa shape index (κ2) is 23.7. The summed E-state index contributed by atoms with van der Waals surface area (Å²) in [6, 6.07) is 30.7. The van der Waals surface area contributed by atoms with E-state index in [4.69, 9.17) is 27.1 Å². The van der Waals surface area contributed by atoms with Crippen molar-refractivity contribution in [3.05, 3.63) is 141 Å². The number of rotatable bonds is 16. The molecule has 0 aliphatic heterocycles. The lowest BCUT2D eigenvalue weighted by atomic mass is 9.80. The molecule has 430 valence electrons. The first-order valence-electron chi connectivity index (χ1n) is 28.8. The van der Waals surface area contributed by atoms with Crippen LogP contribution < -0.4 is 27.1 Å². The highest BCUT2D eigenvalue weighted by Crippen LogP contribution is 2.54. The molecule has 0 heterocycles. The van der Waals surface area contributed by atoms with E-state index in [2.05, 4.69) is 279 Å². The highest BCUT2D eigenvalue weighted by atomic mass is 31.2. The summed E-state index contributed by atoms with van der Waals surface area (Å²) in [6.45, 7) is 62.7. The van der Waals surface area contributed by atoms with Gasteiger partial charge in [-0.1, -0.05) is 242 Å². The van der Waals surface area contributed by atoms with E-state index in [0.29, 0.717) is 23.3 Å². The number of benzene rings is 5. The van der Waals surface area contributed by atoms with Gasteiger partial charge >= 0.3 is 17.2 Å². The lowest BCUT2D eigenvalue weighted by molar-refractivity contribution is 0.363. The van der Waals surface area contributed by atoms with Crippen molar-refractivity contribution in [3.63, 3.8) is 0 Å².